The lowest BCUT2D eigenvalue weighted by Crippen LogP contribution is -2.42. The van der Waals surface area contributed by atoms with Crippen molar-refractivity contribution in [2.75, 3.05) is 5.88 Å². The summed E-state index contributed by atoms with van der Waals surface area (Å²) in [7, 11) is 0. The van der Waals surface area contributed by atoms with Crippen LogP contribution in [-0.4, -0.2) is 17.4 Å². The second kappa shape index (κ2) is 8.79. The summed E-state index contributed by atoms with van der Waals surface area (Å²) in [6.07, 6.45) is 0.636. The molecule has 3 aromatic rings. The first-order chi connectivity index (χ1) is 13.2. The van der Waals surface area contributed by atoms with Crippen molar-refractivity contribution in [1.82, 2.24) is 0 Å². The zero-order valence-electron chi connectivity index (χ0n) is 15.0. The molecule has 0 bridgehead atoms. The van der Waals surface area contributed by atoms with Crippen LogP contribution in [0.4, 0.5) is 0 Å². The van der Waals surface area contributed by atoms with Gasteiger partial charge < -0.3 is 0 Å². The molecular weight excluding hydrogens is 356 g/mol. The van der Waals surface area contributed by atoms with E-state index in [9.17, 15) is 9.59 Å². The molecule has 0 saturated carbocycles. The summed E-state index contributed by atoms with van der Waals surface area (Å²) in [6.45, 7) is 0. The summed E-state index contributed by atoms with van der Waals surface area (Å²) in [6, 6.07) is 28.5. The van der Waals surface area contributed by atoms with E-state index in [4.69, 9.17) is 11.6 Å². The Morgan fingerprint density at radius 1 is 0.667 bits per heavy atom. The normalized spacial score (nSPS) is 11.1. The molecule has 0 heterocycles. The van der Waals surface area contributed by atoms with Gasteiger partial charge in [-0.2, -0.15) is 0 Å². The van der Waals surface area contributed by atoms with Gasteiger partial charge >= 0.3 is 0 Å². The SMILES string of the molecule is O=C(CCCCl)C(=O)C(c1ccccc1)(c1ccccc1)c1ccccc1. The Kier molecular flexibility index (Phi) is 6.20. The van der Waals surface area contributed by atoms with Crippen molar-refractivity contribution in [1.29, 1.82) is 0 Å². The van der Waals surface area contributed by atoms with Crippen LogP contribution >= 0.6 is 11.6 Å². The van der Waals surface area contributed by atoms with Gasteiger partial charge in [0.25, 0.3) is 0 Å². The smallest absolute Gasteiger partial charge is 0.217 e. The van der Waals surface area contributed by atoms with Gasteiger partial charge in [0, 0.05) is 12.3 Å². The number of halogens is 1. The van der Waals surface area contributed by atoms with E-state index in [1.807, 2.05) is 91.0 Å². The minimum Gasteiger partial charge on any atom is -0.291 e. The van der Waals surface area contributed by atoms with Crippen molar-refractivity contribution in [3.8, 4) is 0 Å². The van der Waals surface area contributed by atoms with Gasteiger partial charge in [0.15, 0.2) is 5.78 Å². The first-order valence-electron chi connectivity index (χ1n) is 9.01. The molecule has 3 rings (SSSR count). The molecule has 3 heteroatoms. The van der Waals surface area contributed by atoms with Crippen LogP contribution in [-0.2, 0) is 15.0 Å². The van der Waals surface area contributed by atoms with Crippen LogP contribution in [0.1, 0.15) is 29.5 Å². The van der Waals surface area contributed by atoms with Gasteiger partial charge in [-0.3, -0.25) is 9.59 Å². The van der Waals surface area contributed by atoms with E-state index in [-0.39, 0.29) is 6.42 Å². The summed E-state index contributed by atoms with van der Waals surface area (Å²) in [4.78, 5) is 26.5. The number of hydrogen-bond donors (Lipinski definition) is 0. The van der Waals surface area contributed by atoms with Crippen LogP contribution in [0.15, 0.2) is 91.0 Å². The number of benzene rings is 3. The number of alkyl halides is 1. The Hall–Kier alpha value is -2.71. The third-order valence-corrected chi connectivity index (χ3v) is 5.02. The molecule has 0 amide bonds. The van der Waals surface area contributed by atoms with Gasteiger partial charge in [-0.15, -0.1) is 11.6 Å². The largest absolute Gasteiger partial charge is 0.291 e. The summed E-state index contributed by atoms with van der Waals surface area (Å²) < 4.78 is 0. The first kappa shape index (κ1) is 19.1. The average Bonchev–Trinajstić information content (AvgIpc) is 2.75. The molecule has 0 aliphatic carbocycles. The fourth-order valence-corrected chi connectivity index (χ4v) is 3.64. The summed E-state index contributed by atoms with van der Waals surface area (Å²) >= 11 is 5.75. The zero-order valence-corrected chi connectivity index (χ0v) is 15.7. The summed E-state index contributed by atoms with van der Waals surface area (Å²) in [5.74, 6) is -0.461. The quantitative estimate of drug-likeness (QED) is 0.308. The molecule has 136 valence electrons. The van der Waals surface area contributed by atoms with Crippen LogP contribution in [0, 0.1) is 0 Å². The summed E-state index contributed by atoms with van der Waals surface area (Å²) in [5.41, 5.74) is 1.18. The maximum atomic E-state index is 13.7. The summed E-state index contributed by atoms with van der Waals surface area (Å²) in [5, 5.41) is 0. The average molecular weight is 377 g/mol. The Morgan fingerprint density at radius 3 is 1.37 bits per heavy atom. The fourth-order valence-electron chi connectivity index (χ4n) is 3.51. The molecule has 27 heavy (non-hydrogen) atoms. The van der Waals surface area contributed by atoms with Gasteiger partial charge in [-0.1, -0.05) is 91.0 Å². The van der Waals surface area contributed by atoms with Crippen molar-refractivity contribution < 1.29 is 9.59 Å². The molecule has 0 atom stereocenters. The van der Waals surface area contributed by atoms with Crippen LogP contribution < -0.4 is 0 Å². The second-order valence-electron chi connectivity index (χ2n) is 6.39. The molecule has 0 radical (unpaired) electrons. The zero-order chi connectivity index (χ0) is 19.1. The molecule has 0 aliphatic rings. The highest BCUT2D eigenvalue weighted by molar-refractivity contribution is 6.42. The van der Waals surface area contributed by atoms with E-state index >= 15 is 0 Å². The molecule has 0 saturated heterocycles. The predicted molar refractivity (Wildman–Crippen MR) is 109 cm³/mol. The van der Waals surface area contributed by atoms with Gasteiger partial charge in [-0.25, -0.2) is 0 Å². The highest BCUT2D eigenvalue weighted by atomic mass is 35.5. The number of ketones is 2. The van der Waals surface area contributed by atoms with Crippen molar-refractivity contribution >= 4 is 23.2 Å². The first-order valence-corrected chi connectivity index (χ1v) is 9.55. The Bertz CT molecular complexity index is 793. The number of carbonyl (C=O) groups excluding carboxylic acids is 2. The Morgan fingerprint density at radius 2 is 1.04 bits per heavy atom. The molecule has 0 unspecified atom stereocenters. The van der Waals surface area contributed by atoms with Gasteiger partial charge in [0.1, 0.15) is 5.41 Å². The molecule has 0 spiro atoms. The molecular formula is C24H21ClO2. The Labute approximate surface area is 164 Å². The molecule has 2 nitrogen and oxygen atoms in total. The van der Waals surface area contributed by atoms with E-state index in [0.29, 0.717) is 12.3 Å². The third kappa shape index (κ3) is 3.72. The van der Waals surface area contributed by atoms with E-state index in [0.717, 1.165) is 16.7 Å². The van der Waals surface area contributed by atoms with Gasteiger partial charge in [0.2, 0.25) is 5.78 Å². The van der Waals surface area contributed by atoms with Gasteiger partial charge in [0.05, 0.1) is 0 Å². The highest BCUT2D eigenvalue weighted by Gasteiger charge is 2.46. The minimum absolute atomic E-state index is 0.149. The monoisotopic (exact) mass is 376 g/mol. The molecule has 0 aromatic heterocycles. The highest BCUT2D eigenvalue weighted by Crippen LogP contribution is 2.40. The van der Waals surface area contributed by atoms with E-state index in [2.05, 4.69) is 0 Å². The molecule has 0 N–H and O–H groups in total. The topological polar surface area (TPSA) is 34.1 Å². The van der Waals surface area contributed by atoms with Crippen molar-refractivity contribution in [2.45, 2.75) is 18.3 Å². The van der Waals surface area contributed by atoms with Crippen LogP contribution in [0.2, 0.25) is 0 Å². The fraction of sp³-hybridized carbons (Fsp3) is 0.167. The van der Waals surface area contributed by atoms with Gasteiger partial charge in [-0.05, 0) is 23.1 Å². The van der Waals surface area contributed by atoms with E-state index in [1.54, 1.807) is 0 Å². The van der Waals surface area contributed by atoms with Crippen LogP contribution in [0.5, 0.6) is 0 Å². The molecule has 0 aliphatic heterocycles. The Balaban J connectivity index is 2.29. The van der Waals surface area contributed by atoms with Crippen molar-refractivity contribution in [3.63, 3.8) is 0 Å². The molecule has 3 aromatic carbocycles. The standard InChI is InChI=1S/C24H21ClO2/c25-18-10-17-22(26)23(27)24(19-11-4-1-5-12-19,20-13-6-2-7-14-20)21-15-8-3-9-16-21/h1-9,11-16H,10,17-18H2. The lowest BCUT2D eigenvalue weighted by Gasteiger charge is -2.33. The van der Waals surface area contributed by atoms with Crippen molar-refractivity contribution in [2.24, 2.45) is 0 Å². The third-order valence-electron chi connectivity index (χ3n) is 4.75. The second-order valence-corrected chi connectivity index (χ2v) is 6.77. The van der Waals surface area contributed by atoms with E-state index in [1.165, 1.54) is 0 Å². The lowest BCUT2D eigenvalue weighted by molar-refractivity contribution is -0.138. The number of Topliss-reactive ketones (excluding diaryl/α,β-unsaturated/α-hetero) is 2. The van der Waals surface area contributed by atoms with E-state index < -0.39 is 17.0 Å². The van der Waals surface area contributed by atoms with Crippen molar-refractivity contribution in [3.05, 3.63) is 108 Å². The predicted octanol–water partition coefficient (Wildman–Crippen LogP) is 5.18. The molecule has 0 fully saturated rings. The lowest BCUT2D eigenvalue weighted by atomic mass is 9.65. The maximum Gasteiger partial charge on any atom is 0.217 e. The number of hydrogen-bond acceptors (Lipinski definition) is 2. The maximum absolute atomic E-state index is 13.7. The van der Waals surface area contributed by atoms with Crippen LogP contribution in [0.25, 0.3) is 0 Å². The number of carbonyl (C=O) groups is 2. The number of rotatable bonds is 8. The minimum atomic E-state index is -1.17. The van der Waals surface area contributed by atoms with Crippen LogP contribution in [0.3, 0.4) is 0 Å².